The average molecular weight is 1440 g/mol. The van der Waals surface area contributed by atoms with Crippen LogP contribution in [0.4, 0.5) is 0 Å². The summed E-state index contributed by atoms with van der Waals surface area (Å²) < 4.78 is 64.8. The molecule has 25 heteroatoms. The van der Waals surface area contributed by atoms with E-state index in [-0.39, 0.29) is 12.8 Å². The van der Waals surface area contributed by atoms with Gasteiger partial charge in [-0.1, -0.05) is 277 Å². The Morgan fingerprint density at radius 2 is 0.778 bits per heavy atom. The zero-order valence-electron chi connectivity index (χ0n) is 60.5. The van der Waals surface area contributed by atoms with E-state index < -0.39 is 156 Å². The van der Waals surface area contributed by atoms with E-state index in [0.29, 0.717) is 12.8 Å². The van der Waals surface area contributed by atoms with Crippen LogP contribution in [-0.2, 0) is 61.2 Å². The van der Waals surface area contributed by atoms with Gasteiger partial charge in [-0.15, -0.1) is 0 Å². The number of carbonyl (C=O) groups is 3. The van der Waals surface area contributed by atoms with Gasteiger partial charge in [-0.25, -0.2) is 9.36 Å². The molecule has 0 bridgehead atoms. The number of phosphoric ester groups is 1. The van der Waals surface area contributed by atoms with E-state index in [4.69, 9.17) is 42.2 Å². The molecule has 0 amide bonds. The van der Waals surface area contributed by atoms with Crippen molar-refractivity contribution >= 4 is 25.7 Å². The van der Waals surface area contributed by atoms with E-state index in [1.165, 1.54) is 167 Å². The third-order valence-corrected chi connectivity index (χ3v) is 20.1. The Kier molecular flexibility index (Phi) is 51.2. The van der Waals surface area contributed by atoms with Crippen LogP contribution in [0, 0.1) is 0 Å². The van der Waals surface area contributed by atoms with Gasteiger partial charge >= 0.3 is 25.7 Å². The summed E-state index contributed by atoms with van der Waals surface area (Å²) in [5, 5.41) is 110. The maximum atomic E-state index is 14.3. The molecule has 1 saturated carbocycles. The van der Waals surface area contributed by atoms with Gasteiger partial charge in [-0.2, -0.15) is 0 Å². The van der Waals surface area contributed by atoms with Crippen molar-refractivity contribution in [2.75, 3.05) is 26.4 Å². The first kappa shape index (κ1) is 90.7. The highest BCUT2D eigenvalue weighted by Crippen LogP contribution is 2.49. The minimum Gasteiger partial charge on any atom is -0.463 e. The van der Waals surface area contributed by atoms with Gasteiger partial charge in [0, 0.05) is 18.9 Å². The summed E-state index contributed by atoms with van der Waals surface area (Å²) in [6.45, 7) is 3.35. The first-order chi connectivity index (χ1) is 47.8. The average Bonchev–Trinajstić information content (AvgIpc) is 0.763. The Hall–Kier alpha value is -2.56. The number of hydrogen-bond acceptors (Lipinski definition) is 23. The van der Waals surface area contributed by atoms with Crippen LogP contribution in [0.5, 0.6) is 0 Å². The molecule has 3 aliphatic rings. The third-order valence-electron chi connectivity index (χ3n) is 19.1. The Morgan fingerprint density at radius 1 is 0.414 bits per heavy atom. The summed E-state index contributed by atoms with van der Waals surface area (Å²) in [6.07, 6.45) is 17.3. The minimum absolute atomic E-state index is 0.0293. The molecule has 0 aromatic carbocycles. The third kappa shape index (κ3) is 38.9. The number of aliphatic hydroxyl groups excluding tert-OH is 10. The predicted octanol–water partition coefficient (Wildman–Crippen LogP) is 10.9. The molecule has 0 aromatic rings. The highest BCUT2D eigenvalue weighted by Gasteiger charge is 2.58. The molecule has 2 saturated heterocycles. The maximum Gasteiger partial charge on any atom is 0.472 e. The lowest BCUT2D eigenvalue weighted by Crippen LogP contribution is -2.69. The van der Waals surface area contributed by atoms with Crippen molar-refractivity contribution in [3.63, 3.8) is 0 Å². The summed E-state index contributed by atoms with van der Waals surface area (Å²) >= 11 is 0. The van der Waals surface area contributed by atoms with Crippen LogP contribution >= 0.6 is 7.82 Å². The van der Waals surface area contributed by atoms with Crippen molar-refractivity contribution in [3.8, 4) is 0 Å². The molecule has 0 spiro atoms. The second kappa shape index (κ2) is 55.9. The van der Waals surface area contributed by atoms with Gasteiger partial charge in [0.05, 0.1) is 13.2 Å². The molecule has 1 aliphatic carbocycles. The van der Waals surface area contributed by atoms with Crippen LogP contribution in [0.2, 0.25) is 0 Å². The summed E-state index contributed by atoms with van der Waals surface area (Å²) in [6, 6.07) is 0. The predicted molar refractivity (Wildman–Crippen MR) is 374 cm³/mol. The van der Waals surface area contributed by atoms with Crippen LogP contribution in [0.1, 0.15) is 297 Å². The lowest BCUT2D eigenvalue weighted by Gasteiger charge is -2.49. The Morgan fingerprint density at radius 3 is 1.19 bits per heavy atom. The topological polar surface area (TPSA) is 374 Å². The first-order valence-electron chi connectivity index (χ1n) is 38.7. The van der Waals surface area contributed by atoms with Crippen LogP contribution in [-0.4, -0.2) is 204 Å². The minimum atomic E-state index is -5.71. The van der Waals surface area contributed by atoms with E-state index >= 15 is 0 Å². The van der Waals surface area contributed by atoms with Gasteiger partial charge in [-0.3, -0.25) is 18.6 Å². The fraction of sp³-hybridized carbons (Fsp3) is 0.905. The highest BCUT2D eigenvalue weighted by atomic mass is 31.2. The van der Waals surface area contributed by atoms with Crippen molar-refractivity contribution in [2.24, 2.45) is 0 Å². The summed E-state index contributed by atoms with van der Waals surface area (Å²) in [4.78, 5) is 50.9. The van der Waals surface area contributed by atoms with Crippen molar-refractivity contribution in [3.05, 3.63) is 24.3 Å². The van der Waals surface area contributed by atoms with E-state index in [1.54, 1.807) is 6.08 Å². The number of esters is 3. The van der Waals surface area contributed by atoms with Crippen molar-refractivity contribution < 1.29 is 117 Å². The Balaban J connectivity index is 1.73. The molecule has 18 atom stereocenters. The van der Waals surface area contributed by atoms with Crippen molar-refractivity contribution in [1.82, 2.24) is 0 Å². The molecule has 0 aromatic heterocycles. The van der Waals surface area contributed by atoms with Crippen LogP contribution < -0.4 is 0 Å². The second-order valence-electron chi connectivity index (χ2n) is 27.8. The lowest BCUT2D eigenvalue weighted by atomic mass is 9.84. The van der Waals surface area contributed by atoms with Gasteiger partial charge in [0.2, 0.25) is 0 Å². The summed E-state index contributed by atoms with van der Waals surface area (Å²) in [5.74, 6) is -2.24. The van der Waals surface area contributed by atoms with Crippen LogP contribution in [0.25, 0.3) is 0 Å². The normalized spacial score (nSPS) is 27.6. The van der Waals surface area contributed by atoms with E-state index in [0.717, 1.165) is 96.0 Å². The SMILES string of the molecule is CCCCCCCCCCCCC/C=C/C=C/C(=O)OCC(COP(=O)(O)OC1C(OC2OC(CO)C(O)C(O)C2O)C(O)C(O)C(O)C1OC1OC(COC(=O)CCCCCCCCCCCCCCCCCC)C(O)C(O)C1O)OC(=O)CCCCCCCCCCCCCCC. The Labute approximate surface area is 592 Å². The van der Waals surface area contributed by atoms with E-state index in [2.05, 4.69) is 20.8 Å². The molecular formula is C74H135O24P. The van der Waals surface area contributed by atoms with Gasteiger partial charge < -0.3 is 89.1 Å². The van der Waals surface area contributed by atoms with Gasteiger partial charge in [-0.05, 0) is 25.7 Å². The molecule has 99 heavy (non-hydrogen) atoms. The zero-order chi connectivity index (χ0) is 72.5. The van der Waals surface area contributed by atoms with Gasteiger partial charge in [0.1, 0.15) is 98.7 Å². The number of allylic oxidation sites excluding steroid dienone is 3. The molecular weight excluding hydrogens is 1300 g/mol. The van der Waals surface area contributed by atoms with Crippen molar-refractivity contribution in [2.45, 2.75) is 401 Å². The van der Waals surface area contributed by atoms with E-state index in [9.17, 15) is 74.9 Å². The van der Waals surface area contributed by atoms with Gasteiger partial charge in [0.15, 0.2) is 18.7 Å². The first-order valence-corrected chi connectivity index (χ1v) is 40.2. The smallest absolute Gasteiger partial charge is 0.463 e. The number of hydrogen-bond donors (Lipinski definition) is 11. The molecule has 0 radical (unpaired) electrons. The fourth-order valence-corrected chi connectivity index (χ4v) is 13.8. The molecule has 24 nitrogen and oxygen atoms in total. The number of unbranched alkanes of at least 4 members (excludes halogenated alkanes) is 38. The molecule has 2 aliphatic heterocycles. The Bertz CT molecular complexity index is 2140. The van der Waals surface area contributed by atoms with Gasteiger partial charge in [0.25, 0.3) is 0 Å². The monoisotopic (exact) mass is 1440 g/mol. The van der Waals surface area contributed by atoms with E-state index in [1.807, 2.05) is 6.08 Å². The molecule has 580 valence electrons. The highest BCUT2D eigenvalue weighted by molar-refractivity contribution is 7.47. The fourth-order valence-electron chi connectivity index (χ4n) is 12.8. The number of rotatable bonds is 60. The van der Waals surface area contributed by atoms with Crippen molar-refractivity contribution in [1.29, 1.82) is 0 Å². The number of ether oxygens (including phenoxy) is 7. The largest absolute Gasteiger partial charge is 0.472 e. The van der Waals surface area contributed by atoms with Crippen LogP contribution in [0.15, 0.2) is 24.3 Å². The number of aliphatic hydroxyl groups is 10. The molecule has 2 heterocycles. The zero-order valence-corrected chi connectivity index (χ0v) is 61.4. The summed E-state index contributed by atoms with van der Waals surface area (Å²) in [5.41, 5.74) is 0. The second-order valence-corrected chi connectivity index (χ2v) is 29.2. The molecule has 18 unspecified atom stereocenters. The maximum absolute atomic E-state index is 14.3. The number of carbonyl (C=O) groups excluding carboxylic acids is 3. The molecule has 11 N–H and O–H groups in total. The summed E-state index contributed by atoms with van der Waals surface area (Å²) in [7, 11) is -5.71. The van der Waals surface area contributed by atoms with Crippen LogP contribution in [0.3, 0.4) is 0 Å². The molecule has 3 fully saturated rings. The lowest BCUT2D eigenvalue weighted by molar-refractivity contribution is -0.360. The number of phosphoric acid groups is 1. The standard InChI is InChI=1S/C74H135O24P/c1-4-7-10-13-16-19-22-25-27-29-32-34-37-40-43-46-49-59(77)91-54-57-62(80)64(82)69(87)74(95-57)97-71-67(85)65(83)66(84)70(96-73-68(86)63(81)61(79)56(51-75)94-73)72(71)98-99(88,89)92-53-55(93-60(78)50-47-44-41-38-35-30-24-21-18-15-12-9-6-3)52-90-58(76)48-45-42-39-36-33-31-28-26-23-20-17-14-11-8-5-2/h39,42,45,48,55-57,61-75,79-87H,4-38,40-41,43-44,46-47,49-54H2,1-3H3,(H,88,89)/b42-39+,48-45+. The quantitative estimate of drug-likeness (QED) is 0.00673. The molecule has 3 rings (SSSR count).